The Hall–Kier alpha value is -2.41. The summed E-state index contributed by atoms with van der Waals surface area (Å²) in [6.07, 6.45) is 0. The Morgan fingerprint density at radius 3 is 2.19 bits per heavy atom. The second-order valence-corrected chi connectivity index (χ2v) is 7.11. The molecule has 1 heterocycles. The lowest BCUT2D eigenvalue weighted by atomic mass is 10.2. The van der Waals surface area contributed by atoms with Crippen molar-refractivity contribution in [2.45, 2.75) is 13.1 Å². The van der Waals surface area contributed by atoms with Gasteiger partial charge >= 0.3 is 17.8 Å². The van der Waals surface area contributed by atoms with Crippen molar-refractivity contribution in [2.75, 3.05) is 13.7 Å². The number of rotatable bonds is 6. The molecular weight excluding hydrogens is 389 g/mol. The van der Waals surface area contributed by atoms with Crippen molar-refractivity contribution in [2.24, 2.45) is 0 Å². The number of carbonyl (C=O) groups excluding carboxylic acids is 3. The minimum Gasteiger partial charge on any atom is -0.284 e. The van der Waals surface area contributed by atoms with Crippen molar-refractivity contribution in [3.05, 3.63) is 69.7 Å². The third-order valence-corrected chi connectivity index (χ3v) is 4.88. The summed E-state index contributed by atoms with van der Waals surface area (Å²) in [7, 11) is 1.74. The highest BCUT2D eigenvalue weighted by atomic mass is 35.5. The minimum absolute atomic E-state index is 0.00502. The van der Waals surface area contributed by atoms with Crippen LogP contribution in [0, 0.1) is 0 Å². The Balaban J connectivity index is 1.67. The first-order valence-corrected chi connectivity index (χ1v) is 8.96. The number of nitrogens with zero attached hydrogens (tertiary/aromatic N) is 3. The number of hydrogen-bond donors (Lipinski definition) is 0. The fourth-order valence-corrected chi connectivity index (χ4v) is 3.14. The first kappa shape index (κ1) is 19.4. The molecule has 0 unspecified atom stereocenters. The van der Waals surface area contributed by atoms with Crippen molar-refractivity contribution in [3.63, 3.8) is 0 Å². The number of imide groups is 2. The quantitative estimate of drug-likeness (QED) is 0.545. The molecule has 0 aromatic heterocycles. The molecule has 0 saturated carbocycles. The van der Waals surface area contributed by atoms with Crippen molar-refractivity contribution < 1.29 is 14.4 Å². The number of urea groups is 1. The van der Waals surface area contributed by atoms with Gasteiger partial charge < -0.3 is 0 Å². The van der Waals surface area contributed by atoms with Crippen LogP contribution in [0.2, 0.25) is 10.0 Å². The van der Waals surface area contributed by atoms with Crippen LogP contribution >= 0.6 is 23.2 Å². The highest BCUT2D eigenvalue weighted by Gasteiger charge is 2.44. The fourth-order valence-electron chi connectivity index (χ4n) is 2.82. The molecule has 27 heavy (non-hydrogen) atoms. The zero-order valence-corrected chi connectivity index (χ0v) is 16.1. The fraction of sp³-hybridized carbons (Fsp3) is 0.211. The van der Waals surface area contributed by atoms with E-state index in [1.165, 1.54) is 0 Å². The largest absolute Gasteiger partial charge is 0.335 e. The lowest BCUT2D eigenvalue weighted by Crippen LogP contribution is -2.40. The van der Waals surface area contributed by atoms with Gasteiger partial charge in [0.15, 0.2) is 0 Å². The molecule has 1 aliphatic rings. The summed E-state index contributed by atoms with van der Waals surface area (Å²) in [5.41, 5.74) is 1.65. The van der Waals surface area contributed by atoms with Gasteiger partial charge in [-0.1, -0.05) is 59.6 Å². The molecular formula is C19H17Cl2N3O3. The Morgan fingerprint density at radius 1 is 0.852 bits per heavy atom. The molecule has 0 aliphatic carbocycles. The van der Waals surface area contributed by atoms with E-state index in [1.54, 1.807) is 36.2 Å². The van der Waals surface area contributed by atoms with Crippen molar-refractivity contribution in [1.29, 1.82) is 0 Å². The maximum atomic E-state index is 12.6. The van der Waals surface area contributed by atoms with Gasteiger partial charge in [-0.2, -0.15) is 0 Å². The molecule has 6 nitrogen and oxygen atoms in total. The zero-order valence-electron chi connectivity index (χ0n) is 14.6. The lowest BCUT2D eigenvalue weighted by molar-refractivity contribution is -0.144. The van der Waals surface area contributed by atoms with Crippen LogP contribution in [-0.2, 0) is 22.7 Å². The highest BCUT2D eigenvalue weighted by Crippen LogP contribution is 2.23. The van der Waals surface area contributed by atoms with E-state index in [0.717, 1.165) is 20.9 Å². The van der Waals surface area contributed by atoms with Crippen LogP contribution < -0.4 is 0 Å². The number of benzene rings is 2. The van der Waals surface area contributed by atoms with Gasteiger partial charge in [0.25, 0.3) is 0 Å². The molecule has 4 amide bonds. The molecule has 1 fully saturated rings. The standard InChI is InChI=1S/C19H17Cl2N3O3/c1-22(10-14-7-8-15(20)16(21)9-14)12-24-18(26)17(25)23(19(24)27)11-13-5-3-2-4-6-13/h2-9H,10-12H2,1H3. The molecule has 1 saturated heterocycles. The van der Waals surface area contributed by atoms with Crippen LogP contribution in [0.4, 0.5) is 4.79 Å². The van der Waals surface area contributed by atoms with E-state index in [1.807, 2.05) is 24.3 Å². The average molecular weight is 406 g/mol. The van der Waals surface area contributed by atoms with Crippen LogP contribution in [0.15, 0.2) is 48.5 Å². The summed E-state index contributed by atoms with van der Waals surface area (Å²) in [5.74, 6) is -1.64. The van der Waals surface area contributed by atoms with Gasteiger partial charge in [0, 0.05) is 6.54 Å². The van der Waals surface area contributed by atoms with E-state index in [9.17, 15) is 14.4 Å². The maximum Gasteiger partial charge on any atom is 0.335 e. The average Bonchev–Trinajstić information content (AvgIpc) is 2.84. The Morgan fingerprint density at radius 2 is 1.52 bits per heavy atom. The summed E-state index contributed by atoms with van der Waals surface area (Å²) < 4.78 is 0. The van der Waals surface area contributed by atoms with Gasteiger partial charge in [0.2, 0.25) is 0 Å². The monoisotopic (exact) mass is 405 g/mol. The Labute approximate surface area is 166 Å². The first-order chi connectivity index (χ1) is 12.9. The predicted molar refractivity (Wildman–Crippen MR) is 102 cm³/mol. The van der Waals surface area contributed by atoms with E-state index in [0.29, 0.717) is 16.6 Å². The number of hydrogen-bond acceptors (Lipinski definition) is 4. The van der Waals surface area contributed by atoms with E-state index in [2.05, 4.69) is 0 Å². The van der Waals surface area contributed by atoms with E-state index in [-0.39, 0.29) is 13.2 Å². The van der Waals surface area contributed by atoms with E-state index < -0.39 is 17.8 Å². The molecule has 2 aromatic rings. The molecule has 0 radical (unpaired) electrons. The normalized spacial score (nSPS) is 14.6. The molecule has 0 bridgehead atoms. The summed E-state index contributed by atoms with van der Waals surface area (Å²) in [5, 5.41) is 0.884. The third-order valence-electron chi connectivity index (χ3n) is 4.14. The van der Waals surface area contributed by atoms with Gasteiger partial charge in [-0.05, 0) is 30.3 Å². The molecule has 0 N–H and O–H groups in total. The molecule has 2 aromatic carbocycles. The topological polar surface area (TPSA) is 60.9 Å². The highest BCUT2D eigenvalue weighted by molar-refractivity contribution is 6.44. The summed E-state index contributed by atoms with van der Waals surface area (Å²) >= 11 is 11.9. The Bertz CT molecular complexity index is 889. The smallest absolute Gasteiger partial charge is 0.284 e. The van der Waals surface area contributed by atoms with E-state index >= 15 is 0 Å². The maximum absolute atomic E-state index is 12.6. The van der Waals surface area contributed by atoms with Crippen molar-refractivity contribution in [3.8, 4) is 0 Å². The van der Waals surface area contributed by atoms with Gasteiger partial charge in [0.1, 0.15) is 0 Å². The molecule has 0 spiro atoms. The van der Waals surface area contributed by atoms with E-state index in [4.69, 9.17) is 23.2 Å². The summed E-state index contributed by atoms with van der Waals surface area (Å²) in [4.78, 5) is 40.7. The van der Waals surface area contributed by atoms with Crippen LogP contribution in [0.5, 0.6) is 0 Å². The second-order valence-electron chi connectivity index (χ2n) is 6.30. The SMILES string of the molecule is CN(Cc1ccc(Cl)c(Cl)c1)CN1C(=O)C(=O)N(Cc2ccccc2)C1=O. The summed E-state index contributed by atoms with van der Waals surface area (Å²) in [6, 6.07) is 13.7. The zero-order chi connectivity index (χ0) is 19.6. The predicted octanol–water partition coefficient (Wildman–Crippen LogP) is 3.37. The number of amides is 4. The number of carbonyl (C=O) groups is 3. The van der Waals surface area contributed by atoms with Gasteiger partial charge in [-0.25, -0.2) is 9.69 Å². The molecule has 3 rings (SSSR count). The molecule has 0 atom stereocenters. The molecule has 8 heteroatoms. The first-order valence-electron chi connectivity index (χ1n) is 8.20. The lowest BCUT2D eigenvalue weighted by Gasteiger charge is -2.22. The van der Waals surface area contributed by atoms with Gasteiger partial charge in [0.05, 0.1) is 23.3 Å². The van der Waals surface area contributed by atoms with Crippen LogP contribution in [0.3, 0.4) is 0 Å². The van der Waals surface area contributed by atoms with Crippen LogP contribution in [0.25, 0.3) is 0 Å². The van der Waals surface area contributed by atoms with Crippen molar-refractivity contribution >= 4 is 41.0 Å². The molecule has 1 aliphatic heterocycles. The van der Waals surface area contributed by atoms with Crippen molar-refractivity contribution in [1.82, 2.24) is 14.7 Å². The van der Waals surface area contributed by atoms with Gasteiger partial charge in [-0.15, -0.1) is 0 Å². The third kappa shape index (κ3) is 4.30. The summed E-state index contributed by atoms with van der Waals surface area (Å²) in [6.45, 7) is 0.493. The van der Waals surface area contributed by atoms with Crippen LogP contribution in [-0.4, -0.2) is 46.3 Å². The van der Waals surface area contributed by atoms with Crippen LogP contribution in [0.1, 0.15) is 11.1 Å². The Kier molecular flexibility index (Phi) is 5.79. The van der Waals surface area contributed by atoms with Gasteiger partial charge in [-0.3, -0.25) is 19.4 Å². The second kappa shape index (κ2) is 8.08. The minimum atomic E-state index is -0.822. The molecule has 140 valence electrons. The number of halogens is 2.